The van der Waals surface area contributed by atoms with E-state index in [1.54, 1.807) is 0 Å². The number of amides is 1. The zero-order valence-corrected chi connectivity index (χ0v) is 14.6. The zero-order valence-electron chi connectivity index (χ0n) is 14.6. The van der Waals surface area contributed by atoms with Crippen molar-refractivity contribution in [2.45, 2.75) is 52.4 Å². The van der Waals surface area contributed by atoms with Gasteiger partial charge in [0.2, 0.25) is 5.91 Å². The van der Waals surface area contributed by atoms with E-state index in [1.165, 1.54) is 0 Å². The van der Waals surface area contributed by atoms with Crippen LogP contribution in [0.4, 0.5) is 0 Å². The molecule has 0 aliphatic rings. The van der Waals surface area contributed by atoms with Crippen LogP contribution < -0.4 is 10.1 Å². The number of aliphatic carboxylic acids is 1. The minimum Gasteiger partial charge on any atom is -0.480 e. The number of carbonyl (C=O) groups excluding carboxylic acids is 2. The minimum absolute atomic E-state index is 0.102. The third-order valence-electron chi connectivity index (χ3n) is 3.53. The molecule has 6 nitrogen and oxygen atoms in total. The number of hydrogen-bond acceptors (Lipinski definition) is 4. The molecule has 24 heavy (non-hydrogen) atoms. The number of carboxylic acids is 1. The molecule has 1 aromatic carbocycles. The van der Waals surface area contributed by atoms with Gasteiger partial charge in [-0.3, -0.25) is 14.4 Å². The second-order valence-electron chi connectivity index (χ2n) is 6.22. The normalized spacial score (nSPS) is 10.8. The van der Waals surface area contributed by atoms with Gasteiger partial charge in [-0.2, -0.15) is 0 Å². The Balaban J connectivity index is 2.76. The Bertz CT molecular complexity index is 581. The summed E-state index contributed by atoms with van der Waals surface area (Å²) >= 11 is 0. The Morgan fingerprint density at radius 1 is 1.04 bits per heavy atom. The molecule has 132 valence electrons. The van der Waals surface area contributed by atoms with Crippen LogP contribution in [0.5, 0.6) is 5.75 Å². The van der Waals surface area contributed by atoms with Crippen LogP contribution in [0.15, 0.2) is 18.2 Å². The number of benzene rings is 1. The van der Waals surface area contributed by atoms with Crippen LogP contribution in [0, 0.1) is 0 Å². The third-order valence-corrected chi connectivity index (χ3v) is 3.53. The average molecular weight is 335 g/mol. The van der Waals surface area contributed by atoms with Crippen LogP contribution >= 0.6 is 0 Å². The van der Waals surface area contributed by atoms with Crippen LogP contribution in [-0.2, 0) is 14.4 Å². The summed E-state index contributed by atoms with van der Waals surface area (Å²) in [6.07, 6.45) is -0.206. The van der Waals surface area contributed by atoms with Crippen LogP contribution in [0.25, 0.3) is 0 Å². The van der Waals surface area contributed by atoms with Gasteiger partial charge < -0.3 is 15.2 Å². The second kappa shape index (κ2) is 9.05. The molecule has 0 fully saturated rings. The molecule has 0 aliphatic carbocycles. The highest BCUT2D eigenvalue weighted by atomic mass is 16.5. The first-order chi connectivity index (χ1) is 11.2. The molecule has 2 N–H and O–H groups in total. The number of carboxylic acid groups (broad SMARTS) is 1. The highest BCUT2D eigenvalue weighted by molar-refractivity contribution is 5.84. The smallest absolute Gasteiger partial charge is 0.322 e. The van der Waals surface area contributed by atoms with E-state index in [2.05, 4.69) is 5.32 Å². The monoisotopic (exact) mass is 335 g/mol. The predicted molar refractivity (Wildman–Crippen MR) is 90.1 cm³/mol. The summed E-state index contributed by atoms with van der Waals surface area (Å²) < 4.78 is 5.54. The molecule has 0 aliphatic heterocycles. The summed E-state index contributed by atoms with van der Waals surface area (Å²) in [6, 6.07) is 5.80. The molecule has 0 atom stereocenters. The first-order valence-corrected chi connectivity index (χ1v) is 8.04. The van der Waals surface area contributed by atoms with Crippen molar-refractivity contribution < 1.29 is 24.2 Å². The Morgan fingerprint density at radius 2 is 1.58 bits per heavy atom. The van der Waals surface area contributed by atoms with Gasteiger partial charge in [-0.05, 0) is 23.0 Å². The van der Waals surface area contributed by atoms with Gasteiger partial charge in [0.1, 0.15) is 12.3 Å². The number of carbonyl (C=O) groups is 3. The molecule has 1 amide bonds. The van der Waals surface area contributed by atoms with Crippen LogP contribution in [0.1, 0.15) is 63.5 Å². The lowest BCUT2D eigenvalue weighted by Gasteiger charge is -2.18. The lowest BCUT2D eigenvalue weighted by atomic mass is 9.94. The van der Waals surface area contributed by atoms with Crippen LogP contribution in [0.3, 0.4) is 0 Å². The largest absolute Gasteiger partial charge is 0.480 e. The molecule has 0 saturated carbocycles. The Kier molecular flexibility index (Phi) is 7.42. The van der Waals surface area contributed by atoms with Gasteiger partial charge in [0.15, 0.2) is 0 Å². The van der Waals surface area contributed by atoms with Gasteiger partial charge in [0.25, 0.3) is 0 Å². The quantitative estimate of drug-likeness (QED) is 0.563. The maximum Gasteiger partial charge on any atom is 0.322 e. The number of para-hydroxylation sites is 1. The van der Waals surface area contributed by atoms with Crippen molar-refractivity contribution in [2.75, 3.05) is 6.54 Å². The molecular formula is C18H25NO5. The Hall–Kier alpha value is -2.37. The fraction of sp³-hybridized carbons (Fsp3) is 0.500. The van der Waals surface area contributed by atoms with E-state index < -0.39 is 24.4 Å². The first kappa shape index (κ1) is 19.7. The molecule has 0 aromatic heterocycles. The molecule has 6 heteroatoms. The summed E-state index contributed by atoms with van der Waals surface area (Å²) in [5.74, 6) is -1.15. The molecule has 0 unspecified atom stereocenters. The standard InChI is InChI=1S/C18H25NO5/c1-11(2)13-6-5-7-14(12(3)4)18(13)24-17(23)9-8-15(20)19-10-16(21)22/h5-7,11-12H,8-10H2,1-4H3,(H,19,20)(H,21,22). The fourth-order valence-corrected chi connectivity index (χ4v) is 2.24. The molecule has 1 rings (SSSR count). The second-order valence-corrected chi connectivity index (χ2v) is 6.22. The van der Waals surface area contributed by atoms with Gasteiger partial charge in [0.05, 0.1) is 6.42 Å². The number of rotatable bonds is 8. The first-order valence-electron chi connectivity index (χ1n) is 8.04. The van der Waals surface area contributed by atoms with Gasteiger partial charge in [0, 0.05) is 6.42 Å². The van der Waals surface area contributed by atoms with Crippen molar-refractivity contribution in [3.05, 3.63) is 29.3 Å². The molecule has 0 heterocycles. The van der Waals surface area contributed by atoms with Crippen molar-refractivity contribution in [2.24, 2.45) is 0 Å². The van der Waals surface area contributed by atoms with Gasteiger partial charge >= 0.3 is 11.9 Å². The van der Waals surface area contributed by atoms with E-state index in [0.29, 0.717) is 5.75 Å². The molecule has 0 radical (unpaired) electrons. The van der Waals surface area contributed by atoms with E-state index >= 15 is 0 Å². The van der Waals surface area contributed by atoms with Crippen molar-refractivity contribution in [3.8, 4) is 5.75 Å². The minimum atomic E-state index is -1.13. The maximum absolute atomic E-state index is 12.1. The van der Waals surface area contributed by atoms with E-state index in [4.69, 9.17) is 9.84 Å². The van der Waals surface area contributed by atoms with Crippen LogP contribution in [0.2, 0.25) is 0 Å². The highest BCUT2D eigenvalue weighted by Gasteiger charge is 2.18. The van der Waals surface area contributed by atoms with E-state index in [1.807, 2.05) is 45.9 Å². The van der Waals surface area contributed by atoms with E-state index in [0.717, 1.165) is 11.1 Å². The van der Waals surface area contributed by atoms with Crippen molar-refractivity contribution in [3.63, 3.8) is 0 Å². The number of ether oxygens (including phenoxy) is 1. The average Bonchev–Trinajstić information content (AvgIpc) is 2.50. The van der Waals surface area contributed by atoms with Gasteiger partial charge in [-0.15, -0.1) is 0 Å². The fourth-order valence-electron chi connectivity index (χ4n) is 2.24. The molecule has 1 aromatic rings. The molecular weight excluding hydrogens is 310 g/mol. The zero-order chi connectivity index (χ0) is 18.3. The number of nitrogens with one attached hydrogen (secondary N) is 1. The van der Waals surface area contributed by atoms with E-state index in [9.17, 15) is 14.4 Å². The summed E-state index contributed by atoms with van der Waals surface area (Å²) in [6.45, 7) is 7.64. The third kappa shape index (κ3) is 6.02. The predicted octanol–water partition coefficient (Wildman–Crippen LogP) is 2.82. The SMILES string of the molecule is CC(C)c1cccc(C(C)C)c1OC(=O)CCC(=O)NCC(=O)O. The van der Waals surface area contributed by atoms with Gasteiger partial charge in [-0.25, -0.2) is 0 Å². The summed E-state index contributed by atoms with van der Waals surface area (Å²) in [7, 11) is 0. The molecule has 0 saturated heterocycles. The lowest BCUT2D eigenvalue weighted by molar-refractivity contribution is -0.138. The maximum atomic E-state index is 12.1. The van der Waals surface area contributed by atoms with Gasteiger partial charge in [-0.1, -0.05) is 45.9 Å². The van der Waals surface area contributed by atoms with Crippen molar-refractivity contribution in [1.82, 2.24) is 5.32 Å². The molecule has 0 bridgehead atoms. The summed E-state index contributed by atoms with van der Waals surface area (Å²) in [5.41, 5.74) is 1.90. The highest BCUT2D eigenvalue weighted by Crippen LogP contribution is 2.34. The van der Waals surface area contributed by atoms with E-state index in [-0.39, 0.29) is 24.7 Å². The number of hydrogen-bond donors (Lipinski definition) is 2. The topological polar surface area (TPSA) is 92.7 Å². The Morgan fingerprint density at radius 3 is 2.04 bits per heavy atom. The summed E-state index contributed by atoms with van der Waals surface area (Å²) in [4.78, 5) is 33.9. The summed E-state index contributed by atoms with van der Waals surface area (Å²) in [5, 5.41) is 10.7. The van der Waals surface area contributed by atoms with Crippen molar-refractivity contribution in [1.29, 1.82) is 0 Å². The Labute approximate surface area is 142 Å². The van der Waals surface area contributed by atoms with Crippen molar-refractivity contribution >= 4 is 17.8 Å². The molecule has 0 spiro atoms. The number of esters is 1. The lowest BCUT2D eigenvalue weighted by Crippen LogP contribution is -2.29. The van der Waals surface area contributed by atoms with Crippen LogP contribution in [-0.4, -0.2) is 29.5 Å².